The molecule has 2 rings (SSSR count). The molecule has 0 fully saturated rings. The van der Waals surface area contributed by atoms with Crippen molar-refractivity contribution in [3.8, 4) is 17.6 Å². The van der Waals surface area contributed by atoms with Gasteiger partial charge in [0.05, 0.1) is 11.8 Å². The highest BCUT2D eigenvalue weighted by atomic mass is 16.5. The summed E-state index contributed by atoms with van der Waals surface area (Å²) in [5, 5.41) is 18.4. The molecule has 5 heteroatoms. The number of anilines is 1. The molecule has 0 radical (unpaired) electrons. The van der Waals surface area contributed by atoms with Crippen LogP contribution in [0.3, 0.4) is 0 Å². The van der Waals surface area contributed by atoms with Gasteiger partial charge in [-0.05, 0) is 25.0 Å². The first-order chi connectivity index (χ1) is 9.07. The number of ether oxygens (including phenoxy) is 1. The molecule has 0 spiro atoms. The lowest BCUT2D eigenvalue weighted by atomic mass is 9.93. The van der Waals surface area contributed by atoms with Crippen molar-refractivity contribution in [2.24, 2.45) is 0 Å². The number of hydrogen-bond acceptors (Lipinski definition) is 4. The Balaban J connectivity index is 2.56. The molecule has 1 amide bonds. The van der Waals surface area contributed by atoms with E-state index >= 15 is 0 Å². The highest BCUT2D eigenvalue weighted by Gasteiger charge is 2.45. The van der Waals surface area contributed by atoms with Gasteiger partial charge in [-0.1, -0.05) is 13.8 Å². The monoisotopic (exact) mass is 260 g/mol. The molecule has 1 aromatic carbocycles. The fourth-order valence-corrected chi connectivity index (χ4v) is 2.34. The van der Waals surface area contributed by atoms with Crippen LogP contribution in [0.4, 0.5) is 5.69 Å². The molecule has 1 heterocycles. The van der Waals surface area contributed by atoms with Gasteiger partial charge in [-0.3, -0.25) is 9.69 Å². The number of carbonyl (C=O) groups is 1. The van der Waals surface area contributed by atoms with E-state index in [0.717, 1.165) is 0 Å². The van der Waals surface area contributed by atoms with Crippen molar-refractivity contribution in [3.63, 3.8) is 0 Å². The van der Waals surface area contributed by atoms with E-state index in [-0.39, 0.29) is 18.2 Å². The van der Waals surface area contributed by atoms with Gasteiger partial charge in [0.2, 0.25) is 0 Å². The molecule has 0 aromatic heterocycles. The topological polar surface area (TPSA) is 73.6 Å². The number of phenols is 1. The Morgan fingerprint density at radius 1 is 1.42 bits per heavy atom. The van der Waals surface area contributed by atoms with E-state index in [4.69, 9.17) is 10.00 Å². The maximum absolute atomic E-state index is 12.5. The minimum Gasteiger partial charge on any atom is -0.508 e. The van der Waals surface area contributed by atoms with Crippen molar-refractivity contribution in [3.05, 3.63) is 18.2 Å². The quantitative estimate of drug-likeness (QED) is 0.845. The van der Waals surface area contributed by atoms with Crippen molar-refractivity contribution >= 4 is 11.6 Å². The predicted molar refractivity (Wildman–Crippen MR) is 70.0 cm³/mol. The van der Waals surface area contributed by atoms with Crippen molar-refractivity contribution in [2.75, 3.05) is 11.4 Å². The second-order valence-corrected chi connectivity index (χ2v) is 4.50. The first-order valence-corrected chi connectivity index (χ1v) is 6.29. The number of rotatable bonds is 3. The zero-order valence-corrected chi connectivity index (χ0v) is 11.0. The van der Waals surface area contributed by atoms with Crippen LogP contribution in [-0.2, 0) is 4.79 Å². The molecular formula is C14H16N2O3. The van der Waals surface area contributed by atoms with Gasteiger partial charge >= 0.3 is 0 Å². The Bertz CT molecular complexity index is 544. The standard InChI is InChI=1S/C14H16N2O3/c1-3-14(4-2)13(18)16(8-7-15)11-6-5-10(17)9-12(11)19-14/h5-6,9,17H,3-4,8H2,1-2H3. The Morgan fingerprint density at radius 2 is 2.11 bits per heavy atom. The molecule has 0 saturated carbocycles. The Labute approximate surface area is 112 Å². The van der Waals surface area contributed by atoms with Crippen LogP contribution in [-0.4, -0.2) is 23.2 Å². The molecule has 0 unspecified atom stereocenters. The molecule has 1 N–H and O–H groups in total. The average molecular weight is 260 g/mol. The zero-order chi connectivity index (χ0) is 14.0. The molecule has 1 aliphatic heterocycles. The van der Waals surface area contributed by atoms with E-state index < -0.39 is 5.60 Å². The molecule has 0 atom stereocenters. The molecule has 0 bridgehead atoms. The zero-order valence-electron chi connectivity index (χ0n) is 11.0. The normalized spacial score (nSPS) is 16.5. The summed E-state index contributed by atoms with van der Waals surface area (Å²) in [5.41, 5.74) is -0.417. The number of nitrogens with zero attached hydrogens (tertiary/aromatic N) is 2. The van der Waals surface area contributed by atoms with Crippen LogP contribution in [0.2, 0.25) is 0 Å². The molecule has 0 saturated heterocycles. The highest BCUT2D eigenvalue weighted by Crippen LogP contribution is 2.41. The number of fused-ring (bicyclic) bond motifs is 1. The van der Waals surface area contributed by atoms with Gasteiger partial charge in [-0.15, -0.1) is 0 Å². The Morgan fingerprint density at radius 3 is 2.68 bits per heavy atom. The molecule has 5 nitrogen and oxygen atoms in total. The summed E-state index contributed by atoms with van der Waals surface area (Å²) in [6.07, 6.45) is 1.03. The summed E-state index contributed by atoms with van der Waals surface area (Å²) in [4.78, 5) is 14.0. The van der Waals surface area contributed by atoms with E-state index in [9.17, 15) is 9.90 Å². The number of carbonyl (C=O) groups excluding carboxylic acids is 1. The van der Waals surface area contributed by atoms with E-state index in [2.05, 4.69) is 0 Å². The van der Waals surface area contributed by atoms with Crippen LogP contribution in [0.25, 0.3) is 0 Å². The van der Waals surface area contributed by atoms with Gasteiger partial charge in [-0.2, -0.15) is 5.26 Å². The minimum atomic E-state index is -0.947. The van der Waals surface area contributed by atoms with Gasteiger partial charge in [0, 0.05) is 6.07 Å². The smallest absolute Gasteiger partial charge is 0.272 e. The van der Waals surface area contributed by atoms with E-state index in [1.807, 2.05) is 19.9 Å². The number of benzene rings is 1. The second-order valence-electron chi connectivity index (χ2n) is 4.50. The third-order valence-corrected chi connectivity index (χ3v) is 3.55. The van der Waals surface area contributed by atoms with Gasteiger partial charge in [-0.25, -0.2) is 0 Å². The minimum absolute atomic E-state index is 0.0261. The lowest BCUT2D eigenvalue weighted by Gasteiger charge is -2.41. The number of amides is 1. The lowest BCUT2D eigenvalue weighted by molar-refractivity contribution is -0.136. The molecule has 0 aliphatic carbocycles. The largest absolute Gasteiger partial charge is 0.508 e. The average Bonchev–Trinajstić information content (AvgIpc) is 2.42. The van der Waals surface area contributed by atoms with Crippen LogP contribution in [0, 0.1) is 11.3 Å². The maximum atomic E-state index is 12.5. The van der Waals surface area contributed by atoms with Crippen molar-refractivity contribution in [2.45, 2.75) is 32.3 Å². The number of hydrogen-bond donors (Lipinski definition) is 1. The summed E-state index contributed by atoms with van der Waals surface area (Å²) in [5.74, 6) is 0.321. The third kappa shape index (κ3) is 1.99. The van der Waals surface area contributed by atoms with E-state index in [1.54, 1.807) is 6.07 Å². The summed E-state index contributed by atoms with van der Waals surface area (Å²) in [6.45, 7) is 3.72. The van der Waals surface area contributed by atoms with Gasteiger partial charge in [0.1, 0.15) is 18.0 Å². The predicted octanol–water partition coefficient (Wildman–Crippen LogP) is 2.20. The molecule has 19 heavy (non-hydrogen) atoms. The van der Waals surface area contributed by atoms with Crippen molar-refractivity contribution in [1.82, 2.24) is 0 Å². The van der Waals surface area contributed by atoms with Gasteiger partial charge < -0.3 is 9.84 Å². The fraction of sp³-hybridized carbons (Fsp3) is 0.429. The number of nitriles is 1. The number of aromatic hydroxyl groups is 1. The van der Waals surface area contributed by atoms with Crippen LogP contribution in [0.1, 0.15) is 26.7 Å². The summed E-state index contributed by atoms with van der Waals surface area (Å²) >= 11 is 0. The fourth-order valence-electron chi connectivity index (χ4n) is 2.34. The molecule has 1 aromatic rings. The Kier molecular flexibility index (Phi) is 3.34. The SMILES string of the molecule is CCC1(CC)Oc2cc(O)ccc2N(CC#N)C1=O. The molecule has 1 aliphatic rings. The van der Waals surface area contributed by atoms with Crippen LogP contribution in [0.15, 0.2) is 18.2 Å². The van der Waals surface area contributed by atoms with Crippen LogP contribution >= 0.6 is 0 Å². The first-order valence-electron chi connectivity index (χ1n) is 6.29. The maximum Gasteiger partial charge on any atom is 0.272 e. The van der Waals surface area contributed by atoms with Gasteiger partial charge in [0.15, 0.2) is 5.60 Å². The third-order valence-electron chi connectivity index (χ3n) is 3.55. The molecule has 100 valence electrons. The first kappa shape index (κ1) is 13.2. The summed E-state index contributed by atoms with van der Waals surface area (Å²) in [6, 6.07) is 6.54. The van der Waals surface area contributed by atoms with Crippen LogP contribution in [0.5, 0.6) is 11.5 Å². The Hall–Kier alpha value is -2.22. The highest BCUT2D eigenvalue weighted by molar-refractivity contribution is 6.03. The van der Waals surface area contributed by atoms with Crippen molar-refractivity contribution in [1.29, 1.82) is 5.26 Å². The second kappa shape index (κ2) is 4.81. The van der Waals surface area contributed by atoms with E-state index in [0.29, 0.717) is 24.3 Å². The lowest BCUT2D eigenvalue weighted by Crippen LogP contribution is -2.55. The molecular weight excluding hydrogens is 244 g/mol. The van der Waals surface area contributed by atoms with Crippen LogP contribution < -0.4 is 9.64 Å². The summed E-state index contributed by atoms with van der Waals surface area (Å²) < 4.78 is 5.83. The van der Waals surface area contributed by atoms with E-state index in [1.165, 1.54) is 17.0 Å². The number of phenolic OH excluding ortho intramolecular Hbond substituents is 1. The summed E-state index contributed by atoms with van der Waals surface area (Å²) in [7, 11) is 0. The van der Waals surface area contributed by atoms with Gasteiger partial charge in [0.25, 0.3) is 5.91 Å². The van der Waals surface area contributed by atoms with Crippen molar-refractivity contribution < 1.29 is 14.6 Å².